The minimum absolute atomic E-state index is 0.154. The lowest BCUT2D eigenvalue weighted by Crippen LogP contribution is -2.43. The van der Waals surface area contributed by atoms with Gasteiger partial charge in [0.25, 0.3) is 0 Å². The topological polar surface area (TPSA) is 21.3 Å². The summed E-state index contributed by atoms with van der Waals surface area (Å²) in [7, 11) is 0. The first kappa shape index (κ1) is 17.6. The van der Waals surface area contributed by atoms with Crippen LogP contribution in [-0.2, 0) is 11.2 Å². The monoisotopic (exact) mass is 345 g/mol. The number of nitrogens with one attached hydrogen (secondary N) is 1. The predicted octanol–water partition coefficient (Wildman–Crippen LogP) is 4.31. The zero-order valence-corrected chi connectivity index (χ0v) is 14.2. The van der Waals surface area contributed by atoms with Crippen molar-refractivity contribution in [2.75, 3.05) is 13.2 Å². The highest BCUT2D eigenvalue weighted by molar-refractivity contribution is 9.10. The van der Waals surface area contributed by atoms with Gasteiger partial charge < -0.3 is 10.1 Å². The average molecular weight is 346 g/mol. The van der Waals surface area contributed by atoms with E-state index in [2.05, 4.69) is 35.1 Å². The zero-order chi connectivity index (χ0) is 15.0. The molecular formula is C16H25BrFNO. The standard InChI is InChI=1S/C16H25BrFNO/c1-4-10-19-14(15(5-2)20-6-3)11-12-8-7-9-13(18)16(12)17/h7-9,14-15,19H,4-6,10-11H2,1-3H3. The van der Waals surface area contributed by atoms with Crippen LogP contribution >= 0.6 is 15.9 Å². The molecule has 0 amide bonds. The summed E-state index contributed by atoms with van der Waals surface area (Å²) in [5.74, 6) is -0.207. The molecule has 0 bridgehead atoms. The largest absolute Gasteiger partial charge is 0.377 e. The van der Waals surface area contributed by atoms with Gasteiger partial charge in [0.15, 0.2) is 0 Å². The molecule has 0 fully saturated rings. The quantitative estimate of drug-likeness (QED) is 0.719. The number of rotatable bonds is 9. The van der Waals surface area contributed by atoms with E-state index in [9.17, 15) is 4.39 Å². The van der Waals surface area contributed by atoms with Crippen LogP contribution in [0.3, 0.4) is 0 Å². The number of benzene rings is 1. The van der Waals surface area contributed by atoms with E-state index in [0.717, 1.165) is 31.4 Å². The van der Waals surface area contributed by atoms with E-state index in [1.54, 1.807) is 6.07 Å². The lowest BCUT2D eigenvalue weighted by molar-refractivity contribution is 0.0319. The summed E-state index contributed by atoms with van der Waals surface area (Å²) in [6.07, 6.45) is 2.93. The van der Waals surface area contributed by atoms with Gasteiger partial charge in [-0.05, 0) is 60.3 Å². The molecule has 0 aliphatic heterocycles. The van der Waals surface area contributed by atoms with Gasteiger partial charge in [0, 0.05) is 12.6 Å². The smallest absolute Gasteiger partial charge is 0.137 e. The second kappa shape index (κ2) is 9.48. The van der Waals surface area contributed by atoms with E-state index < -0.39 is 0 Å². The van der Waals surface area contributed by atoms with Crippen molar-refractivity contribution in [2.24, 2.45) is 0 Å². The SMILES string of the molecule is CCCNC(Cc1cccc(F)c1Br)C(CC)OCC. The number of hydrogen-bond acceptors (Lipinski definition) is 2. The molecule has 20 heavy (non-hydrogen) atoms. The Balaban J connectivity index is 2.84. The van der Waals surface area contributed by atoms with E-state index >= 15 is 0 Å². The molecule has 0 aliphatic carbocycles. The van der Waals surface area contributed by atoms with E-state index in [0.29, 0.717) is 11.1 Å². The lowest BCUT2D eigenvalue weighted by atomic mass is 9.99. The molecule has 2 unspecified atom stereocenters. The predicted molar refractivity (Wildman–Crippen MR) is 85.6 cm³/mol. The Labute approximate surface area is 130 Å². The summed E-state index contributed by atoms with van der Waals surface area (Å²) in [5.41, 5.74) is 0.983. The fourth-order valence-electron chi connectivity index (χ4n) is 2.34. The van der Waals surface area contributed by atoms with Crippen molar-refractivity contribution in [1.82, 2.24) is 5.32 Å². The van der Waals surface area contributed by atoms with Gasteiger partial charge in [0.1, 0.15) is 5.82 Å². The van der Waals surface area contributed by atoms with Crippen molar-refractivity contribution in [2.45, 2.75) is 52.2 Å². The van der Waals surface area contributed by atoms with Crippen LogP contribution in [0.25, 0.3) is 0 Å². The summed E-state index contributed by atoms with van der Waals surface area (Å²) in [5, 5.41) is 3.53. The summed E-state index contributed by atoms with van der Waals surface area (Å²) in [6, 6.07) is 5.40. The first-order valence-electron chi connectivity index (χ1n) is 7.41. The fourth-order valence-corrected chi connectivity index (χ4v) is 2.77. The van der Waals surface area contributed by atoms with Crippen molar-refractivity contribution in [3.63, 3.8) is 0 Å². The van der Waals surface area contributed by atoms with Gasteiger partial charge in [-0.2, -0.15) is 0 Å². The molecule has 0 radical (unpaired) electrons. The highest BCUT2D eigenvalue weighted by Crippen LogP contribution is 2.23. The van der Waals surface area contributed by atoms with Crippen LogP contribution in [0.15, 0.2) is 22.7 Å². The minimum Gasteiger partial charge on any atom is -0.377 e. The van der Waals surface area contributed by atoms with Crippen LogP contribution in [0, 0.1) is 5.82 Å². The molecule has 0 saturated heterocycles. The Morgan fingerprint density at radius 1 is 1.30 bits per heavy atom. The van der Waals surface area contributed by atoms with Gasteiger partial charge in [-0.15, -0.1) is 0 Å². The Hall–Kier alpha value is -0.450. The molecule has 1 aromatic carbocycles. The van der Waals surface area contributed by atoms with Crippen LogP contribution in [-0.4, -0.2) is 25.3 Å². The maximum Gasteiger partial charge on any atom is 0.137 e. The van der Waals surface area contributed by atoms with Gasteiger partial charge in [-0.25, -0.2) is 4.39 Å². The van der Waals surface area contributed by atoms with Gasteiger partial charge in [-0.3, -0.25) is 0 Å². The third-order valence-corrected chi connectivity index (χ3v) is 4.25. The number of hydrogen-bond donors (Lipinski definition) is 1. The van der Waals surface area contributed by atoms with Crippen LogP contribution in [0.5, 0.6) is 0 Å². The number of halogens is 2. The van der Waals surface area contributed by atoms with E-state index in [1.807, 2.05) is 13.0 Å². The van der Waals surface area contributed by atoms with Gasteiger partial charge in [0.05, 0.1) is 10.6 Å². The molecule has 0 spiro atoms. The third kappa shape index (κ3) is 5.15. The fraction of sp³-hybridized carbons (Fsp3) is 0.625. The van der Waals surface area contributed by atoms with Crippen LogP contribution in [0.4, 0.5) is 4.39 Å². The molecule has 1 aromatic rings. The van der Waals surface area contributed by atoms with Crippen molar-refractivity contribution < 1.29 is 9.13 Å². The normalized spacial score (nSPS) is 14.2. The molecule has 4 heteroatoms. The second-order valence-corrected chi connectivity index (χ2v) is 5.67. The van der Waals surface area contributed by atoms with Crippen molar-refractivity contribution in [3.8, 4) is 0 Å². The third-order valence-electron chi connectivity index (χ3n) is 3.36. The lowest BCUT2D eigenvalue weighted by Gasteiger charge is -2.27. The van der Waals surface area contributed by atoms with E-state index in [4.69, 9.17) is 4.74 Å². The van der Waals surface area contributed by atoms with Crippen LogP contribution in [0.2, 0.25) is 0 Å². The molecule has 0 saturated carbocycles. The first-order valence-corrected chi connectivity index (χ1v) is 8.21. The average Bonchev–Trinajstić information content (AvgIpc) is 2.45. The Morgan fingerprint density at radius 3 is 2.65 bits per heavy atom. The highest BCUT2D eigenvalue weighted by Gasteiger charge is 2.21. The van der Waals surface area contributed by atoms with E-state index in [-0.39, 0.29) is 18.0 Å². The number of ether oxygens (including phenoxy) is 1. The molecule has 2 atom stereocenters. The van der Waals surface area contributed by atoms with E-state index in [1.165, 1.54) is 6.07 Å². The van der Waals surface area contributed by atoms with Crippen molar-refractivity contribution in [1.29, 1.82) is 0 Å². The van der Waals surface area contributed by atoms with Gasteiger partial charge in [0.2, 0.25) is 0 Å². The summed E-state index contributed by atoms with van der Waals surface area (Å²) in [6.45, 7) is 7.93. The molecule has 1 rings (SSSR count). The molecule has 0 heterocycles. The molecular weight excluding hydrogens is 321 g/mol. The Morgan fingerprint density at radius 2 is 2.05 bits per heavy atom. The van der Waals surface area contributed by atoms with Crippen molar-refractivity contribution >= 4 is 15.9 Å². The van der Waals surface area contributed by atoms with Crippen LogP contribution < -0.4 is 5.32 Å². The molecule has 114 valence electrons. The molecule has 0 aliphatic rings. The molecule has 1 N–H and O–H groups in total. The Kier molecular flexibility index (Phi) is 8.34. The summed E-state index contributed by atoms with van der Waals surface area (Å²) >= 11 is 3.34. The zero-order valence-electron chi connectivity index (χ0n) is 12.6. The van der Waals surface area contributed by atoms with Gasteiger partial charge >= 0.3 is 0 Å². The maximum atomic E-state index is 13.6. The van der Waals surface area contributed by atoms with Crippen LogP contribution in [0.1, 0.15) is 39.2 Å². The molecule has 2 nitrogen and oxygen atoms in total. The summed E-state index contributed by atoms with van der Waals surface area (Å²) in [4.78, 5) is 0. The van der Waals surface area contributed by atoms with Gasteiger partial charge in [-0.1, -0.05) is 26.0 Å². The summed E-state index contributed by atoms with van der Waals surface area (Å²) < 4.78 is 20.0. The maximum absolute atomic E-state index is 13.6. The second-order valence-electron chi connectivity index (χ2n) is 4.88. The minimum atomic E-state index is -0.207. The van der Waals surface area contributed by atoms with Crippen molar-refractivity contribution in [3.05, 3.63) is 34.1 Å². The Bertz CT molecular complexity index is 400. The highest BCUT2D eigenvalue weighted by atomic mass is 79.9. The molecule has 0 aromatic heterocycles. The first-order chi connectivity index (χ1) is 9.63.